The van der Waals surface area contributed by atoms with E-state index in [4.69, 9.17) is 0 Å². The third-order valence-electron chi connectivity index (χ3n) is 5.19. The Balaban J connectivity index is 1.63. The normalized spacial score (nSPS) is 20.2. The summed E-state index contributed by atoms with van der Waals surface area (Å²) in [6.07, 6.45) is 1.05. The van der Waals surface area contributed by atoms with Gasteiger partial charge in [0.25, 0.3) is 0 Å². The van der Waals surface area contributed by atoms with Crippen LogP contribution in [0, 0.1) is 11.8 Å². The molecule has 3 rings (SSSR count). The minimum absolute atomic E-state index is 0.161. The van der Waals surface area contributed by atoms with E-state index in [1.165, 1.54) is 0 Å². The number of hydrogen-bond donors (Lipinski definition) is 1. The minimum Gasteiger partial charge on any atom is -0.365 e. The highest BCUT2D eigenvalue weighted by Gasteiger charge is 2.31. The van der Waals surface area contributed by atoms with Crippen LogP contribution in [0.2, 0.25) is 0 Å². The number of anilines is 2. The summed E-state index contributed by atoms with van der Waals surface area (Å²) in [4.78, 5) is 14.4. The minimum atomic E-state index is -3.52. The summed E-state index contributed by atoms with van der Waals surface area (Å²) in [7, 11) is -1.66. The van der Waals surface area contributed by atoms with Gasteiger partial charge >= 0.3 is 0 Å². The third kappa shape index (κ3) is 5.36. The number of carbonyl (C=O) groups is 1. The van der Waals surface area contributed by atoms with Crippen molar-refractivity contribution in [3.8, 4) is 0 Å². The topological polar surface area (TPSA) is 69.7 Å². The Morgan fingerprint density at radius 1 is 1.03 bits per heavy atom. The zero-order chi connectivity index (χ0) is 21.0. The van der Waals surface area contributed by atoms with E-state index in [0.717, 1.165) is 12.1 Å². The van der Waals surface area contributed by atoms with Crippen LogP contribution in [0.15, 0.2) is 59.5 Å². The molecule has 1 heterocycles. The van der Waals surface area contributed by atoms with Crippen LogP contribution in [0.5, 0.6) is 0 Å². The van der Waals surface area contributed by atoms with Gasteiger partial charge in [0, 0.05) is 31.5 Å². The lowest BCUT2D eigenvalue weighted by Crippen LogP contribution is -2.42. The van der Waals surface area contributed by atoms with Gasteiger partial charge < -0.3 is 10.2 Å². The molecule has 2 atom stereocenters. The summed E-state index contributed by atoms with van der Waals surface area (Å²) < 4.78 is 27.5. The first-order valence-electron chi connectivity index (χ1n) is 9.92. The van der Waals surface area contributed by atoms with E-state index in [9.17, 15) is 13.2 Å². The quantitative estimate of drug-likeness (QED) is 0.785. The molecule has 0 aromatic heterocycles. The second-order valence-corrected chi connectivity index (χ2v) is 9.97. The molecule has 0 bridgehead atoms. The summed E-state index contributed by atoms with van der Waals surface area (Å²) in [5.74, 6) is 0.549. The van der Waals surface area contributed by atoms with Gasteiger partial charge in [0.15, 0.2) is 0 Å². The Bertz CT molecular complexity index is 920. The smallest absolute Gasteiger partial charge is 0.243 e. The SMILES string of the molecule is C[C@H]1C[C@H](C)CN(S(=O)(=O)c2ccc(NC(=O)CN(C)c3ccccc3)cc2)C1. The van der Waals surface area contributed by atoms with Crippen LogP contribution in [0.1, 0.15) is 20.3 Å². The van der Waals surface area contributed by atoms with E-state index < -0.39 is 10.0 Å². The predicted molar refractivity (Wildman–Crippen MR) is 116 cm³/mol. The highest BCUT2D eigenvalue weighted by atomic mass is 32.2. The van der Waals surface area contributed by atoms with Gasteiger partial charge in [0.1, 0.15) is 0 Å². The summed E-state index contributed by atoms with van der Waals surface area (Å²) >= 11 is 0. The molecule has 1 N–H and O–H groups in total. The van der Waals surface area contributed by atoms with Gasteiger partial charge in [-0.1, -0.05) is 32.0 Å². The molecular formula is C22H29N3O3S. The molecule has 2 aromatic rings. The largest absolute Gasteiger partial charge is 0.365 e. The van der Waals surface area contributed by atoms with Crippen molar-refractivity contribution in [2.75, 3.05) is 36.9 Å². The second kappa shape index (κ2) is 8.97. The van der Waals surface area contributed by atoms with Gasteiger partial charge in [0.2, 0.25) is 15.9 Å². The molecule has 0 unspecified atom stereocenters. The summed E-state index contributed by atoms with van der Waals surface area (Å²) in [6.45, 7) is 5.48. The van der Waals surface area contributed by atoms with Crippen molar-refractivity contribution in [1.29, 1.82) is 0 Å². The maximum absolute atomic E-state index is 12.9. The second-order valence-electron chi connectivity index (χ2n) is 8.03. The van der Waals surface area contributed by atoms with Crippen LogP contribution in [0.4, 0.5) is 11.4 Å². The molecular weight excluding hydrogens is 386 g/mol. The van der Waals surface area contributed by atoms with Gasteiger partial charge in [-0.2, -0.15) is 4.31 Å². The van der Waals surface area contributed by atoms with Crippen molar-refractivity contribution >= 4 is 27.3 Å². The number of hydrogen-bond acceptors (Lipinski definition) is 4. The fraction of sp³-hybridized carbons (Fsp3) is 0.409. The van der Waals surface area contributed by atoms with Crippen LogP contribution in [-0.2, 0) is 14.8 Å². The number of nitrogens with one attached hydrogen (secondary N) is 1. The molecule has 0 saturated carbocycles. The monoisotopic (exact) mass is 415 g/mol. The number of nitrogens with zero attached hydrogens (tertiary/aromatic N) is 2. The first-order chi connectivity index (χ1) is 13.8. The molecule has 0 aliphatic carbocycles. The lowest BCUT2D eigenvalue weighted by Gasteiger charge is -2.34. The fourth-order valence-electron chi connectivity index (χ4n) is 3.85. The lowest BCUT2D eigenvalue weighted by molar-refractivity contribution is -0.114. The van der Waals surface area contributed by atoms with Crippen LogP contribution in [0.25, 0.3) is 0 Å². The number of piperidine rings is 1. The van der Waals surface area contributed by atoms with Crippen molar-refractivity contribution in [3.63, 3.8) is 0 Å². The number of benzene rings is 2. The Hall–Kier alpha value is -2.38. The van der Waals surface area contributed by atoms with Crippen molar-refractivity contribution in [2.24, 2.45) is 11.8 Å². The highest BCUT2D eigenvalue weighted by Crippen LogP contribution is 2.27. The molecule has 1 aliphatic heterocycles. The van der Waals surface area contributed by atoms with Gasteiger partial charge in [-0.3, -0.25) is 4.79 Å². The first-order valence-corrected chi connectivity index (χ1v) is 11.4. The molecule has 1 aliphatic rings. The molecule has 0 radical (unpaired) electrons. The Labute approximate surface area is 173 Å². The maximum Gasteiger partial charge on any atom is 0.243 e. The average Bonchev–Trinajstić information content (AvgIpc) is 2.68. The summed E-state index contributed by atoms with van der Waals surface area (Å²) in [5.41, 5.74) is 1.53. The van der Waals surface area contributed by atoms with Crippen LogP contribution < -0.4 is 10.2 Å². The molecule has 6 nitrogen and oxygen atoms in total. The van der Waals surface area contributed by atoms with Crippen molar-refractivity contribution < 1.29 is 13.2 Å². The van der Waals surface area contributed by atoms with Gasteiger partial charge in [0.05, 0.1) is 11.4 Å². The zero-order valence-corrected chi connectivity index (χ0v) is 18.0. The van der Waals surface area contributed by atoms with E-state index in [2.05, 4.69) is 19.2 Å². The van der Waals surface area contributed by atoms with Crippen LogP contribution in [-0.4, -0.2) is 45.3 Å². The molecule has 7 heteroatoms. The molecule has 29 heavy (non-hydrogen) atoms. The Morgan fingerprint density at radius 2 is 1.62 bits per heavy atom. The molecule has 156 valence electrons. The van der Waals surface area contributed by atoms with Gasteiger partial charge in [-0.05, 0) is 54.7 Å². The van der Waals surface area contributed by atoms with Gasteiger partial charge in [-0.25, -0.2) is 8.42 Å². The van der Waals surface area contributed by atoms with Crippen molar-refractivity contribution in [1.82, 2.24) is 4.31 Å². The number of carbonyl (C=O) groups excluding carboxylic acids is 1. The summed E-state index contributed by atoms with van der Waals surface area (Å²) in [5, 5.41) is 2.83. The average molecular weight is 416 g/mol. The first kappa shape index (κ1) is 21.3. The number of sulfonamides is 1. The molecule has 1 amide bonds. The third-order valence-corrected chi connectivity index (χ3v) is 7.03. The van der Waals surface area contributed by atoms with Crippen LogP contribution in [0.3, 0.4) is 0 Å². The van der Waals surface area contributed by atoms with E-state index >= 15 is 0 Å². The number of rotatable bonds is 6. The number of amides is 1. The van der Waals surface area contributed by atoms with Crippen molar-refractivity contribution in [2.45, 2.75) is 25.2 Å². The van der Waals surface area contributed by atoms with E-state index in [1.807, 2.05) is 42.3 Å². The van der Waals surface area contributed by atoms with E-state index in [1.54, 1.807) is 28.6 Å². The maximum atomic E-state index is 12.9. The van der Waals surface area contributed by atoms with Crippen molar-refractivity contribution in [3.05, 3.63) is 54.6 Å². The summed E-state index contributed by atoms with van der Waals surface area (Å²) in [6, 6.07) is 16.1. The lowest BCUT2D eigenvalue weighted by atomic mass is 9.94. The zero-order valence-electron chi connectivity index (χ0n) is 17.2. The molecule has 0 spiro atoms. The standard InChI is InChI=1S/C22H29N3O3S/c1-17-13-18(2)15-25(14-17)29(27,28)21-11-9-19(10-12-21)23-22(26)16-24(3)20-7-5-4-6-8-20/h4-12,17-18H,13-16H2,1-3H3,(H,23,26)/t17-,18-/m0/s1. The Kier molecular flexibility index (Phi) is 6.59. The molecule has 1 fully saturated rings. The van der Waals surface area contributed by atoms with E-state index in [-0.39, 0.29) is 17.3 Å². The van der Waals surface area contributed by atoms with Gasteiger partial charge in [-0.15, -0.1) is 0 Å². The Morgan fingerprint density at radius 3 is 2.21 bits per heavy atom. The molecule has 1 saturated heterocycles. The van der Waals surface area contributed by atoms with Crippen LogP contribution >= 0.6 is 0 Å². The molecule has 2 aromatic carbocycles. The highest BCUT2D eigenvalue weighted by molar-refractivity contribution is 7.89. The fourth-order valence-corrected chi connectivity index (χ4v) is 5.53. The van der Waals surface area contributed by atoms with E-state index in [0.29, 0.717) is 30.6 Å². The number of likely N-dealkylation sites (N-methyl/N-ethyl adjacent to an activating group) is 1. The predicted octanol–water partition coefficient (Wildman–Crippen LogP) is 3.43. The number of para-hydroxylation sites is 1.